The summed E-state index contributed by atoms with van der Waals surface area (Å²) in [5, 5.41) is 2.78. The van der Waals surface area contributed by atoms with Gasteiger partial charge in [0.2, 0.25) is 0 Å². The highest BCUT2D eigenvalue weighted by molar-refractivity contribution is 7.98. The zero-order chi connectivity index (χ0) is 19.4. The van der Waals surface area contributed by atoms with Crippen molar-refractivity contribution in [3.8, 4) is 0 Å². The third kappa shape index (κ3) is 4.73. The maximum atomic E-state index is 13.2. The number of thioether (sulfide) groups is 1. The topological polar surface area (TPSA) is 101 Å². The van der Waals surface area contributed by atoms with Gasteiger partial charge in [-0.15, -0.1) is 0 Å². The van der Waals surface area contributed by atoms with Gasteiger partial charge in [0.05, 0.1) is 0 Å². The number of H-pyrrole nitrogens is 1. The Bertz CT molecular complexity index is 1030. The molecule has 27 heavy (non-hydrogen) atoms. The van der Waals surface area contributed by atoms with Gasteiger partial charge in [0.15, 0.2) is 11.0 Å². The van der Waals surface area contributed by atoms with Crippen LogP contribution in [0.3, 0.4) is 0 Å². The molecule has 138 valence electrons. The normalized spacial score (nSPS) is 10.6. The molecule has 0 aliphatic heterocycles. The van der Waals surface area contributed by atoms with Crippen LogP contribution in [0.4, 0.5) is 15.9 Å². The molecule has 2 aromatic carbocycles. The van der Waals surface area contributed by atoms with Crippen molar-refractivity contribution in [1.29, 1.82) is 0 Å². The smallest absolute Gasteiger partial charge is 0.277 e. The molecule has 8 heteroatoms. The molecule has 1 amide bonds. The van der Waals surface area contributed by atoms with Crippen molar-refractivity contribution in [2.45, 2.75) is 17.8 Å². The molecule has 0 saturated carbocycles. The largest absolute Gasteiger partial charge is 0.382 e. The average molecular weight is 384 g/mol. The standard InChI is InChI=1S/C19H17FN4O2S/c1-11-5-7-13(8-6-11)17(25)22-15-16(21)23-19(24-18(15)26)27-10-12-3-2-4-14(20)9-12/h2-9H,10H2,1H3,(H,22,25)(H3,21,23,24,26). The molecule has 0 bridgehead atoms. The molecule has 3 aromatic rings. The number of halogens is 1. The van der Waals surface area contributed by atoms with Crippen molar-refractivity contribution in [2.75, 3.05) is 11.1 Å². The highest BCUT2D eigenvalue weighted by Gasteiger charge is 2.14. The minimum atomic E-state index is -0.551. The monoisotopic (exact) mass is 384 g/mol. The Balaban J connectivity index is 1.73. The molecule has 1 aromatic heterocycles. The zero-order valence-corrected chi connectivity index (χ0v) is 15.3. The number of benzene rings is 2. The molecule has 0 unspecified atom stereocenters. The fourth-order valence-corrected chi connectivity index (χ4v) is 3.14. The van der Waals surface area contributed by atoms with Crippen molar-refractivity contribution in [1.82, 2.24) is 9.97 Å². The number of nitrogens with one attached hydrogen (secondary N) is 2. The average Bonchev–Trinajstić information content (AvgIpc) is 2.63. The van der Waals surface area contributed by atoms with E-state index in [-0.39, 0.29) is 22.5 Å². The van der Waals surface area contributed by atoms with Gasteiger partial charge in [-0.25, -0.2) is 9.37 Å². The second kappa shape index (κ2) is 8.05. The summed E-state index contributed by atoms with van der Waals surface area (Å²) in [5.74, 6) is -0.451. The van der Waals surface area contributed by atoms with Gasteiger partial charge in [0.25, 0.3) is 11.5 Å². The fourth-order valence-electron chi connectivity index (χ4n) is 2.33. The van der Waals surface area contributed by atoms with Crippen LogP contribution in [0, 0.1) is 12.7 Å². The Morgan fingerprint density at radius 2 is 2.00 bits per heavy atom. The highest BCUT2D eigenvalue weighted by atomic mass is 32.2. The number of aromatic amines is 1. The van der Waals surface area contributed by atoms with Crippen LogP contribution in [0.25, 0.3) is 0 Å². The number of anilines is 2. The van der Waals surface area contributed by atoms with Crippen LogP contribution in [-0.4, -0.2) is 15.9 Å². The molecule has 0 saturated heterocycles. The number of nitrogen functional groups attached to an aromatic ring is 1. The van der Waals surface area contributed by atoms with E-state index in [2.05, 4.69) is 15.3 Å². The van der Waals surface area contributed by atoms with E-state index in [4.69, 9.17) is 5.73 Å². The Labute approximate surface area is 159 Å². The van der Waals surface area contributed by atoms with E-state index in [1.807, 2.05) is 6.92 Å². The van der Waals surface area contributed by atoms with Gasteiger partial charge in [-0.3, -0.25) is 14.6 Å². The number of hydrogen-bond donors (Lipinski definition) is 3. The summed E-state index contributed by atoms with van der Waals surface area (Å²) >= 11 is 1.21. The van der Waals surface area contributed by atoms with E-state index >= 15 is 0 Å². The van der Waals surface area contributed by atoms with E-state index in [1.165, 1.54) is 23.9 Å². The lowest BCUT2D eigenvalue weighted by molar-refractivity contribution is 0.102. The SMILES string of the molecule is Cc1ccc(C(=O)Nc2c(N)nc(SCc3cccc(F)c3)[nH]c2=O)cc1. The number of nitrogens with zero attached hydrogens (tertiary/aromatic N) is 1. The Kier molecular flexibility index (Phi) is 5.56. The van der Waals surface area contributed by atoms with E-state index in [0.717, 1.165) is 11.1 Å². The summed E-state index contributed by atoms with van der Waals surface area (Å²) in [6.07, 6.45) is 0. The predicted molar refractivity (Wildman–Crippen MR) is 104 cm³/mol. The Morgan fingerprint density at radius 3 is 2.67 bits per heavy atom. The first-order valence-corrected chi connectivity index (χ1v) is 9.06. The van der Waals surface area contributed by atoms with Crippen molar-refractivity contribution in [2.24, 2.45) is 0 Å². The maximum Gasteiger partial charge on any atom is 0.277 e. The van der Waals surface area contributed by atoms with Crippen LogP contribution in [0.5, 0.6) is 0 Å². The van der Waals surface area contributed by atoms with Gasteiger partial charge < -0.3 is 11.1 Å². The first kappa shape index (κ1) is 18.7. The molecule has 6 nitrogen and oxygen atoms in total. The summed E-state index contributed by atoms with van der Waals surface area (Å²) < 4.78 is 13.2. The second-order valence-electron chi connectivity index (χ2n) is 5.87. The van der Waals surface area contributed by atoms with Crippen molar-refractivity contribution in [3.63, 3.8) is 0 Å². The van der Waals surface area contributed by atoms with Crippen LogP contribution >= 0.6 is 11.8 Å². The lowest BCUT2D eigenvalue weighted by Gasteiger charge is -2.09. The number of amides is 1. The third-order valence-electron chi connectivity index (χ3n) is 3.74. The predicted octanol–water partition coefficient (Wildman–Crippen LogP) is 3.34. The minimum Gasteiger partial charge on any atom is -0.382 e. The quantitative estimate of drug-likeness (QED) is 0.463. The van der Waals surface area contributed by atoms with Gasteiger partial charge >= 0.3 is 0 Å². The number of aryl methyl sites for hydroxylation is 1. The van der Waals surface area contributed by atoms with Crippen molar-refractivity contribution >= 4 is 29.2 Å². The number of carbonyl (C=O) groups is 1. The molecular formula is C19H17FN4O2S. The van der Waals surface area contributed by atoms with Gasteiger partial charge in [0, 0.05) is 11.3 Å². The Hall–Kier alpha value is -3.13. The summed E-state index contributed by atoms with van der Waals surface area (Å²) in [6, 6.07) is 13.1. The number of nitrogens with two attached hydrogens (primary N) is 1. The minimum absolute atomic E-state index is 0.0825. The third-order valence-corrected chi connectivity index (χ3v) is 4.69. The number of carbonyl (C=O) groups excluding carboxylic acids is 1. The molecule has 0 aliphatic carbocycles. The van der Waals surface area contributed by atoms with Gasteiger partial charge in [-0.1, -0.05) is 41.6 Å². The molecular weight excluding hydrogens is 367 g/mol. The number of hydrogen-bond acceptors (Lipinski definition) is 5. The molecule has 4 N–H and O–H groups in total. The van der Waals surface area contributed by atoms with Gasteiger partial charge in [-0.2, -0.15) is 0 Å². The zero-order valence-electron chi connectivity index (χ0n) is 14.5. The molecule has 0 atom stereocenters. The van der Waals surface area contributed by atoms with Crippen LogP contribution in [-0.2, 0) is 5.75 Å². The molecule has 0 aliphatic rings. The van der Waals surface area contributed by atoms with Crippen LogP contribution < -0.4 is 16.6 Å². The van der Waals surface area contributed by atoms with E-state index < -0.39 is 11.5 Å². The Morgan fingerprint density at radius 1 is 1.26 bits per heavy atom. The number of aromatic nitrogens is 2. The molecule has 0 fully saturated rings. The van der Waals surface area contributed by atoms with Crippen molar-refractivity contribution < 1.29 is 9.18 Å². The molecule has 1 heterocycles. The second-order valence-corrected chi connectivity index (χ2v) is 6.83. The van der Waals surface area contributed by atoms with Crippen LogP contribution in [0.1, 0.15) is 21.5 Å². The first-order chi connectivity index (χ1) is 12.9. The first-order valence-electron chi connectivity index (χ1n) is 8.07. The van der Waals surface area contributed by atoms with Crippen LogP contribution in [0.15, 0.2) is 58.5 Å². The van der Waals surface area contributed by atoms with Crippen molar-refractivity contribution in [3.05, 3.63) is 81.4 Å². The van der Waals surface area contributed by atoms with Crippen LogP contribution in [0.2, 0.25) is 0 Å². The molecule has 0 spiro atoms. The van der Waals surface area contributed by atoms with E-state index in [9.17, 15) is 14.0 Å². The summed E-state index contributed by atoms with van der Waals surface area (Å²) in [5.41, 5.74) is 7.37. The fraction of sp³-hybridized carbons (Fsp3) is 0.105. The van der Waals surface area contributed by atoms with Gasteiger partial charge in [-0.05, 0) is 36.8 Å². The summed E-state index contributed by atoms with van der Waals surface area (Å²) in [6.45, 7) is 1.91. The lowest BCUT2D eigenvalue weighted by atomic mass is 10.1. The summed E-state index contributed by atoms with van der Waals surface area (Å²) in [7, 11) is 0. The highest BCUT2D eigenvalue weighted by Crippen LogP contribution is 2.21. The number of rotatable bonds is 5. The lowest BCUT2D eigenvalue weighted by Crippen LogP contribution is -2.23. The van der Waals surface area contributed by atoms with E-state index in [0.29, 0.717) is 11.3 Å². The summed E-state index contributed by atoms with van der Waals surface area (Å²) in [4.78, 5) is 31.2. The molecule has 3 rings (SSSR count). The molecule has 0 radical (unpaired) electrons. The van der Waals surface area contributed by atoms with Gasteiger partial charge in [0.1, 0.15) is 11.5 Å². The maximum absolute atomic E-state index is 13.2. The van der Waals surface area contributed by atoms with E-state index in [1.54, 1.807) is 36.4 Å².